The number of hydrogen-bond donors (Lipinski definition) is 0. The van der Waals surface area contributed by atoms with Gasteiger partial charge in [0.25, 0.3) is 0 Å². The van der Waals surface area contributed by atoms with Crippen LogP contribution in [0.25, 0.3) is 0 Å². The van der Waals surface area contributed by atoms with E-state index in [1.807, 2.05) is 35.2 Å². The van der Waals surface area contributed by atoms with E-state index in [0.717, 1.165) is 12.0 Å². The van der Waals surface area contributed by atoms with Crippen LogP contribution in [0.3, 0.4) is 0 Å². The minimum atomic E-state index is -0.255. The van der Waals surface area contributed by atoms with Gasteiger partial charge in [-0.25, -0.2) is 0 Å². The zero-order valence-corrected chi connectivity index (χ0v) is 14.8. The van der Waals surface area contributed by atoms with E-state index in [9.17, 15) is 9.59 Å². The van der Waals surface area contributed by atoms with Crippen LogP contribution in [0, 0.1) is 12.8 Å². The van der Waals surface area contributed by atoms with Crippen molar-refractivity contribution in [2.24, 2.45) is 5.92 Å². The predicted molar refractivity (Wildman–Crippen MR) is 92.9 cm³/mol. The Morgan fingerprint density at radius 2 is 2.08 bits per heavy atom. The standard InChI is InChI=1S/C19H22N4O3/c1-13-20-18(26-21-13)15-7-8-22(11-15)19(25)16-9-17(24)23(12-16)10-14-5-3-2-4-6-14/h2-6,15-16H,7-12H2,1H3. The van der Waals surface area contributed by atoms with Crippen LogP contribution in [0.2, 0.25) is 0 Å². The van der Waals surface area contributed by atoms with Crippen molar-refractivity contribution >= 4 is 11.8 Å². The molecule has 4 rings (SSSR count). The average molecular weight is 354 g/mol. The molecule has 7 heteroatoms. The van der Waals surface area contributed by atoms with Gasteiger partial charge in [0.15, 0.2) is 5.82 Å². The highest BCUT2D eigenvalue weighted by Gasteiger charge is 2.39. The molecule has 2 aliphatic rings. The summed E-state index contributed by atoms with van der Waals surface area (Å²) in [6.45, 7) is 4.11. The number of likely N-dealkylation sites (tertiary alicyclic amines) is 2. The molecule has 0 saturated carbocycles. The lowest BCUT2D eigenvalue weighted by molar-refractivity contribution is -0.134. The van der Waals surface area contributed by atoms with Gasteiger partial charge in [0, 0.05) is 32.6 Å². The molecule has 0 spiro atoms. The highest BCUT2D eigenvalue weighted by Crippen LogP contribution is 2.29. The quantitative estimate of drug-likeness (QED) is 0.836. The first-order chi connectivity index (χ1) is 12.6. The number of hydrogen-bond acceptors (Lipinski definition) is 5. The average Bonchev–Trinajstić information content (AvgIpc) is 3.36. The third-order valence-corrected chi connectivity index (χ3v) is 5.17. The Hall–Kier alpha value is -2.70. The fraction of sp³-hybridized carbons (Fsp3) is 0.474. The van der Waals surface area contributed by atoms with E-state index in [1.165, 1.54) is 0 Å². The predicted octanol–water partition coefficient (Wildman–Crippen LogP) is 1.74. The van der Waals surface area contributed by atoms with Gasteiger partial charge in [-0.15, -0.1) is 0 Å². The summed E-state index contributed by atoms with van der Waals surface area (Å²) < 4.78 is 5.24. The normalized spacial score (nSPS) is 23.0. The summed E-state index contributed by atoms with van der Waals surface area (Å²) in [5.41, 5.74) is 1.09. The molecule has 1 aromatic heterocycles. The molecule has 26 heavy (non-hydrogen) atoms. The maximum Gasteiger partial charge on any atom is 0.231 e. The van der Waals surface area contributed by atoms with Crippen LogP contribution in [-0.2, 0) is 16.1 Å². The van der Waals surface area contributed by atoms with E-state index in [-0.39, 0.29) is 23.7 Å². The molecule has 0 aliphatic carbocycles. The van der Waals surface area contributed by atoms with E-state index < -0.39 is 0 Å². The van der Waals surface area contributed by atoms with Gasteiger partial charge in [0.2, 0.25) is 17.7 Å². The third kappa shape index (κ3) is 3.34. The Labute approximate surface area is 152 Å². The third-order valence-electron chi connectivity index (χ3n) is 5.17. The van der Waals surface area contributed by atoms with Gasteiger partial charge in [-0.2, -0.15) is 4.98 Å². The van der Waals surface area contributed by atoms with Gasteiger partial charge in [0.05, 0.1) is 11.8 Å². The molecule has 2 aliphatic heterocycles. The second-order valence-electron chi connectivity index (χ2n) is 7.11. The van der Waals surface area contributed by atoms with E-state index in [2.05, 4.69) is 10.1 Å². The van der Waals surface area contributed by atoms with Crippen molar-refractivity contribution < 1.29 is 14.1 Å². The van der Waals surface area contributed by atoms with Crippen molar-refractivity contribution in [3.63, 3.8) is 0 Å². The zero-order valence-electron chi connectivity index (χ0n) is 14.8. The second-order valence-corrected chi connectivity index (χ2v) is 7.11. The second kappa shape index (κ2) is 6.90. The van der Waals surface area contributed by atoms with E-state index in [0.29, 0.717) is 44.3 Å². The molecule has 0 bridgehead atoms. The number of amides is 2. The van der Waals surface area contributed by atoms with Crippen LogP contribution in [0.5, 0.6) is 0 Å². The number of carbonyl (C=O) groups is 2. The monoisotopic (exact) mass is 354 g/mol. The molecule has 7 nitrogen and oxygen atoms in total. The van der Waals surface area contributed by atoms with Gasteiger partial charge in [-0.1, -0.05) is 35.5 Å². The van der Waals surface area contributed by atoms with Crippen LogP contribution >= 0.6 is 0 Å². The van der Waals surface area contributed by atoms with Crippen LogP contribution in [0.4, 0.5) is 0 Å². The molecular formula is C19H22N4O3. The Balaban J connectivity index is 1.36. The minimum Gasteiger partial charge on any atom is -0.342 e. The zero-order chi connectivity index (χ0) is 18.1. The molecule has 2 atom stereocenters. The summed E-state index contributed by atoms with van der Waals surface area (Å²) in [4.78, 5) is 33.1. The lowest BCUT2D eigenvalue weighted by Crippen LogP contribution is -2.35. The summed E-state index contributed by atoms with van der Waals surface area (Å²) in [7, 11) is 0. The van der Waals surface area contributed by atoms with E-state index in [4.69, 9.17) is 4.52 Å². The highest BCUT2D eigenvalue weighted by atomic mass is 16.5. The molecule has 3 heterocycles. The molecule has 2 aromatic rings. The fourth-order valence-corrected chi connectivity index (χ4v) is 3.79. The van der Waals surface area contributed by atoms with Crippen molar-refractivity contribution in [3.8, 4) is 0 Å². The molecule has 0 radical (unpaired) electrons. The van der Waals surface area contributed by atoms with E-state index >= 15 is 0 Å². The van der Waals surface area contributed by atoms with Gasteiger partial charge >= 0.3 is 0 Å². The largest absolute Gasteiger partial charge is 0.342 e. The smallest absolute Gasteiger partial charge is 0.231 e. The number of rotatable bonds is 4. The topological polar surface area (TPSA) is 79.5 Å². The van der Waals surface area contributed by atoms with Crippen molar-refractivity contribution in [3.05, 3.63) is 47.6 Å². The van der Waals surface area contributed by atoms with Gasteiger partial charge in [-0.05, 0) is 18.9 Å². The molecular weight excluding hydrogens is 332 g/mol. The first-order valence-electron chi connectivity index (χ1n) is 9.01. The SMILES string of the molecule is Cc1noc(C2CCN(C(=O)C3CC(=O)N(Cc4ccccc4)C3)C2)n1. The summed E-state index contributed by atoms with van der Waals surface area (Å²) in [5, 5.41) is 3.83. The Morgan fingerprint density at radius 1 is 1.27 bits per heavy atom. The highest BCUT2D eigenvalue weighted by molar-refractivity contribution is 5.89. The number of carbonyl (C=O) groups excluding carboxylic acids is 2. The first-order valence-corrected chi connectivity index (χ1v) is 9.01. The van der Waals surface area contributed by atoms with Crippen LogP contribution in [-0.4, -0.2) is 51.4 Å². The molecule has 136 valence electrons. The van der Waals surface area contributed by atoms with E-state index in [1.54, 1.807) is 11.8 Å². The summed E-state index contributed by atoms with van der Waals surface area (Å²) in [6.07, 6.45) is 1.12. The van der Waals surface area contributed by atoms with Gasteiger partial charge in [0.1, 0.15) is 0 Å². The van der Waals surface area contributed by atoms with Crippen molar-refractivity contribution in [2.75, 3.05) is 19.6 Å². The lowest BCUT2D eigenvalue weighted by atomic mass is 10.1. The minimum absolute atomic E-state index is 0.0514. The van der Waals surface area contributed by atoms with Gasteiger partial charge in [-0.3, -0.25) is 9.59 Å². The Kier molecular flexibility index (Phi) is 4.44. The van der Waals surface area contributed by atoms with Crippen molar-refractivity contribution in [2.45, 2.75) is 32.2 Å². The van der Waals surface area contributed by atoms with Gasteiger partial charge < -0.3 is 14.3 Å². The number of aryl methyl sites for hydroxylation is 1. The van der Waals surface area contributed by atoms with Crippen LogP contribution in [0.1, 0.15) is 36.0 Å². The number of aromatic nitrogens is 2. The Morgan fingerprint density at radius 3 is 2.81 bits per heavy atom. The summed E-state index contributed by atoms with van der Waals surface area (Å²) >= 11 is 0. The summed E-state index contributed by atoms with van der Waals surface area (Å²) in [6, 6.07) is 9.88. The Bertz CT molecular complexity index is 804. The number of nitrogens with zero attached hydrogens (tertiary/aromatic N) is 4. The number of benzene rings is 1. The van der Waals surface area contributed by atoms with Crippen molar-refractivity contribution in [1.82, 2.24) is 19.9 Å². The maximum absolute atomic E-state index is 12.9. The molecule has 2 saturated heterocycles. The fourth-order valence-electron chi connectivity index (χ4n) is 3.79. The molecule has 0 N–H and O–H groups in total. The molecule has 2 unspecified atom stereocenters. The lowest BCUT2D eigenvalue weighted by Gasteiger charge is -2.21. The summed E-state index contributed by atoms with van der Waals surface area (Å²) in [5.74, 6) is 1.17. The first kappa shape index (κ1) is 16.8. The molecule has 2 amide bonds. The van der Waals surface area contributed by atoms with Crippen LogP contribution < -0.4 is 0 Å². The van der Waals surface area contributed by atoms with Crippen LogP contribution in [0.15, 0.2) is 34.9 Å². The van der Waals surface area contributed by atoms with Crippen molar-refractivity contribution in [1.29, 1.82) is 0 Å². The maximum atomic E-state index is 12.9. The molecule has 1 aromatic carbocycles. The molecule has 2 fully saturated rings.